The number of carboxylic acid groups (broad SMARTS) is 1. The van der Waals surface area contributed by atoms with Crippen LogP contribution >= 0.6 is 34.7 Å². The normalized spacial score (nSPS) is 27.5. The van der Waals surface area contributed by atoms with Crippen molar-refractivity contribution in [1.29, 1.82) is 0 Å². The lowest BCUT2D eigenvalue weighted by Gasteiger charge is -2.50. The third-order valence-electron chi connectivity index (χ3n) is 5.55. The van der Waals surface area contributed by atoms with Gasteiger partial charge in [-0.2, -0.15) is 0 Å². The number of amides is 2. The Morgan fingerprint density at radius 3 is 2.76 bits per heavy atom. The molecular weight excluding hydrogens is 492 g/mol. The summed E-state index contributed by atoms with van der Waals surface area (Å²) in [6, 6.07) is -2.46. The number of aryl methyl sites for hydroxylation is 1. The smallest absolute Gasteiger partial charge is 0.352 e. The second-order valence-corrected chi connectivity index (χ2v) is 10.2. The molecule has 4 heterocycles. The van der Waals surface area contributed by atoms with Gasteiger partial charge in [0.05, 0.1) is 17.2 Å². The molecule has 4 unspecified atom stereocenters. The zero-order chi connectivity index (χ0) is 23.9. The Morgan fingerprint density at radius 1 is 1.42 bits per heavy atom. The first-order valence-electron chi connectivity index (χ1n) is 9.77. The maximum atomic E-state index is 12.8. The van der Waals surface area contributed by atoms with Crippen LogP contribution in [0.2, 0.25) is 0 Å². The van der Waals surface area contributed by atoms with Crippen LogP contribution in [0.3, 0.4) is 0 Å². The molecule has 0 radical (unpaired) electrons. The topological polar surface area (TPSA) is 171 Å². The first-order chi connectivity index (χ1) is 15.7. The number of fused-ring (bicyclic) bond motifs is 1. The van der Waals surface area contributed by atoms with Crippen LogP contribution in [0.25, 0.3) is 6.08 Å². The van der Waals surface area contributed by atoms with E-state index in [2.05, 4.69) is 20.4 Å². The molecule has 0 aromatic carbocycles. The predicted octanol–water partition coefficient (Wildman–Crippen LogP) is 1.12. The van der Waals surface area contributed by atoms with E-state index in [9.17, 15) is 24.7 Å². The summed E-state index contributed by atoms with van der Waals surface area (Å²) >= 11 is 8.55. The maximum absolute atomic E-state index is 12.8. The highest BCUT2D eigenvalue weighted by Crippen LogP contribution is 2.38. The van der Waals surface area contributed by atoms with Crippen molar-refractivity contribution in [2.24, 2.45) is 15.9 Å². The van der Waals surface area contributed by atoms with Crippen molar-refractivity contribution in [1.82, 2.24) is 15.2 Å². The fraction of sp³-hybridized carbons (Fsp3) is 0.368. The number of carbonyl (C=O) groups is 3. The van der Waals surface area contributed by atoms with E-state index >= 15 is 0 Å². The SMILES string of the molecule is Cc1ncsc1C=CC1=C(C(=O)O)N2C(=O)C(NC(=O)/C(=N\O)C3N=C(N)SC3Cl)C2CC1. The number of rotatable bonds is 6. The van der Waals surface area contributed by atoms with Crippen molar-refractivity contribution in [3.05, 3.63) is 33.4 Å². The van der Waals surface area contributed by atoms with Gasteiger partial charge in [0.1, 0.15) is 22.5 Å². The van der Waals surface area contributed by atoms with Crippen LogP contribution < -0.4 is 11.1 Å². The molecule has 4 atom stereocenters. The van der Waals surface area contributed by atoms with Crippen molar-refractivity contribution in [2.75, 3.05) is 0 Å². The number of amidine groups is 1. The summed E-state index contributed by atoms with van der Waals surface area (Å²) in [5.41, 5.74) is 8.17. The van der Waals surface area contributed by atoms with Crippen molar-refractivity contribution < 1.29 is 24.7 Å². The molecule has 1 aromatic heterocycles. The fourth-order valence-electron chi connectivity index (χ4n) is 3.95. The number of carbonyl (C=O) groups excluding carboxylic acids is 2. The average Bonchev–Trinajstić information content (AvgIpc) is 3.33. The summed E-state index contributed by atoms with van der Waals surface area (Å²) in [6.45, 7) is 1.85. The molecule has 4 rings (SSSR count). The molecule has 0 spiro atoms. The Hall–Kier alpha value is -2.90. The van der Waals surface area contributed by atoms with E-state index < -0.39 is 40.6 Å². The van der Waals surface area contributed by atoms with Gasteiger partial charge < -0.3 is 21.4 Å². The van der Waals surface area contributed by atoms with Crippen LogP contribution in [0.15, 0.2) is 33.0 Å². The second-order valence-electron chi connectivity index (χ2n) is 7.45. The van der Waals surface area contributed by atoms with E-state index in [1.54, 1.807) is 17.7 Å². The molecule has 0 bridgehead atoms. The summed E-state index contributed by atoms with van der Waals surface area (Å²) in [5.74, 6) is -2.61. The Labute approximate surface area is 201 Å². The minimum absolute atomic E-state index is 0.110. The lowest BCUT2D eigenvalue weighted by molar-refractivity contribution is -0.155. The highest BCUT2D eigenvalue weighted by molar-refractivity contribution is 8.15. The van der Waals surface area contributed by atoms with Gasteiger partial charge >= 0.3 is 5.97 Å². The second kappa shape index (κ2) is 9.15. The number of allylic oxidation sites excluding steroid dienone is 2. The average molecular weight is 511 g/mol. The number of nitrogens with two attached hydrogens (primary N) is 1. The van der Waals surface area contributed by atoms with Gasteiger partial charge in [0.2, 0.25) is 0 Å². The van der Waals surface area contributed by atoms with Crippen LogP contribution in [-0.4, -0.2) is 71.7 Å². The first-order valence-corrected chi connectivity index (χ1v) is 12.0. The Bertz CT molecular complexity index is 1150. The summed E-state index contributed by atoms with van der Waals surface area (Å²) < 4.78 is -0.733. The quantitative estimate of drug-likeness (QED) is 0.145. The predicted molar refractivity (Wildman–Crippen MR) is 124 cm³/mol. The van der Waals surface area contributed by atoms with Crippen molar-refractivity contribution in [2.45, 2.75) is 42.6 Å². The molecule has 174 valence electrons. The highest BCUT2D eigenvalue weighted by atomic mass is 35.5. The third-order valence-corrected chi connectivity index (χ3v) is 7.78. The number of oxime groups is 1. The molecular formula is C19H19ClN6O5S2. The number of aliphatic carboxylic acids is 1. The number of thiazole rings is 1. The van der Waals surface area contributed by atoms with E-state index in [4.69, 9.17) is 17.3 Å². The zero-order valence-corrected chi connectivity index (χ0v) is 19.5. The monoisotopic (exact) mass is 510 g/mol. The van der Waals surface area contributed by atoms with Gasteiger partial charge in [-0.15, -0.1) is 22.9 Å². The molecule has 0 saturated carbocycles. The summed E-state index contributed by atoms with van der Waals surface area (Å²) in [6.07, 6.45) is 4.33. The van der Waals surface area contributed by atoms with Crippen molar-refractivity contribution in [3.8, 4) is 0 Å². The Balaban J connectivity index is 1.51. The van der Waals surface area contributed by atoms with Gasteiger partial charge in [0.25, 0.3) is 11.8 Å². The van der Waals surface area contributed by atoms with E-state index in [1.807, 2.05) is 6.92 Å². The molecule has 33 heavy (non-hydrogen) atoms. The van der Waals surface area contributed by atoms with E-state index in [-0.39, 0.29) is 16.6 Å². The maximum Gasteiger partial charge on any atom is 0.352 e. The first kappa shape index (κ1) is 23.3. The molecule has 11 nitrogen and oxygen atoms in total. The van der Waals surface area contributed by atoms with Crippen molar-refractivity contribution in [3.63, 3.8) is 0 Å². The highest BCUT2D eigenvalue weighted by Gasteiger charge is 2.53. The van der Waals surface area contributed by atoms with Gasteiger partial charge in [-0.05, 0) is 31.4 Å². The lowest BCUT2D eigenvalue weighted by atomic mass is 9.83. The van der Waals surface area contributed by atoms with Crippen molar-refractivity contribution >= 4 is 69.4 Å². The molecule has 1 fully saturated rings. The number of halogens is 1. The van der Waals surface area contributed by atoms with Crippen LogP contribution in [0.4, 0.5) is 0 Å². The van der Waals surface area contributed by atoms with Gasteiger partial charge in [0.15, 0.2) is 10.9 Å². The summed E-state index contributed by atoms with van der Waals surface area (Å²) in [4.78, 5) is 47.7. The summed E-state index contributed by atoms with van der Waals surface area (Å²) in [7, 11) is 0. The number of thioether (sulfide) groups is 1. The number of hydrogen-bond acceptors (Lipinski definition) is 10. The van der Waals surface area contributed by atoms with Gasteiger partial charge in [-0.1, -0.05) is 23.0 Å². The third kappa shape index (κ3) is 4.23. The lowest BCUT2D eigenvalue weighted by Crippen LogP contribution is -2.72. The Kier molecular flexibility index (Phi) is 6.45. The number of nitrogens with zero attached hydrogens (tertiary/aromatic N) is 4. The molecule has 0 aliphatic carbocycles. The molecule has 3 aliphatic rings. The number of aliphatic imine (C=N–C) groups is 1. The van der Waals surface area contributed by atoms with Crippen LogP contribution in [0, 0.1) is 6.92 Å². The van der Waals surface area contributed by atoms with Crippen LogP contribution in [0.5, 0.6) is 0 Å². The van der Waals surface area contributed by atoms with Gasteiger partial charge in [-0.3, -0.25) is 19.5 Å². The minimum Gasteiger partial charge on any atom is -0.477 e. The number of aromatic nitrogens is 1. The number of hydrogen-bond donors (Lipinski definition) is 4. The standard InChI is InChI=1S/C19H19ClN6O5S2/c1-7-10(32-6-22-7)5-3-8-2-4-9-11(17(28)26(9)14(8)18(29)30)23-16(27)13(25-31)12-15(20)33-19(21)24-12/h3,5-6,9,11-12,15,31H,2,4H2,1H3,(H2,21,24)(H,23,27)(H,29,30)/b5-3?,25-13-. The Morgan fingerprint density at radius 2 is 2.18 bits per heavy atom. The largest absolute Gasteiger partial charge is 0.477 e. The number of alkyl halides is 1. The van der Waals surface area contributed by atoms with Crippen LogP contribution in [-0.2, 0) is 14.4 Å². The molecule has 3 aliphatic heterocycles. The van der Waals surface area contributed by atoms with Crippen LogP contribution in [0.1, 0.15) is 23.4 Å². The molecule has 1 saturated heterocycles. The number of carboxylic acids is 1. The number of β-lactam (4-membered cyclic amide) rings is 1. The zero-order valence-electron chi connectivity index (χ0n) is 17.1. The number of nitrogens with one attached hydrogen (secondary N) is 1. The van der Waals surface area contributed by atoms with Gasteiger partial charge in [0, 0.05) is 4.88 Å². The molecule has 1 aromatic rings. The van der Waals surface area contributed by atoms with E-state index in [0.29, 0.717) is 18.4 Å². The van der Waals surface area contributed by atoms with E-state index in [1.165, 1.54) is 16.2 Å². The van der Waals surface area contributed by atoms with Gasteiger partial charge in [-0.25, -0.2) is 9.78 Å². The molecule has 2 amide bonds. The minimum atomic E-state index is -1.23. The summed E-state index contributed by atoms with van der Waals surface area (Å²) in [5, 5.41) is 24.8. The fourth-order valence-corrected chi connectivity index (χ4v) is 5.81. The molecule has 5 N–H and O–H groups in total. The molecule has 14 heteroatoms. The van der Waals surface area contributed by atoms with E-state index in [0.717, 1.165) is 22.3 Å².